The maximum atomic E-state index is 12.5. The zero-order valence-corrected chi connectivity index (χ0v) is 15.2. The highest BCUT2D eigenvalue weighted by Crippen LogP contribution is 2.23. The van der Waals surface area contributed by atoms with Gasteiger partial charge in [-0.15, -0.1) is 12.4 Å². The minimum Gasteiger partial charge on any atom is -0.375 e. The van der Waals surface area contributed by atoms with Crippen LogP contribution >= 0.6 is 12.4 Å². The Morgan fingerprint density at radius 3 is 2.20 bits per heavy atom. The SMILES string of the molecule is C[C@H]1OCCN[C@@H]1C(=O)NCC(c1ccccc1)c1ccccc1.Cl. The minimum absolute atomic E-state index is 0. The molecule has 134 valence electrons. The van der Waals surface area contributed by atoms with Crippen molar-refractivity contribution in [2.24, 2.45) is 0 Å². The highest BCUT2D eigenvalue weighted by Gasteiger charge is 2.28. The standard InChI is InChI=1S/C20H24N2O2.ClH/c1-15-19(21-12-13-24-15)20(23)22-14-18(16-8-4-2-5-9-16)17-10-6-3-7-11-17;/h2-11,15,18-19,21H,12-14H2,1H3,(H,22,23);1H/t15-,19+;/m1./s1. The molecule has 4 nitrogen and oxygen atoms in total. The fourth-order valence-electron chi connectivity index (χ4n) is 3.14. The molecule has 2 N–H and O–H groups in total. The van der Waals surface area contributed by atoms with Crippen molar-refractivity contribution in [2.45, 2.75) is 25.0 Å². The van der Waals surface area contributed by atoms with Crippen molar-refractivity contribution < 1.29 is 9.53 Å². The summed E-state index contributed by atoms with van der Waals surface area (Å²) in [5.74, 6) is 0.134. The summed E-state index contributed by atoms with van der Waals surface area (Å²) in [6.07, 6.45) is -0.106. The second-order valence-electron chi connectivity index (χ2n) is 6.13. The van der Waals surface area contributed by atoms with Gasteiger partial charge in [-0.1, -0.05) is 60.7 Å². The second kappa shape index (κ2) is 9.56. The fraction of sp³-hybridized carbons (Fsp3) is 0.350. The van der Waals surface area contributed by atoms with E-state index >= 15 is 0 Å². The van der Waals surface area contributed by atoms with Gasteiger partial charge < -0.3 is 15.4 Å². The Labute approximate surface area is 155 Å². The van der Waals surface area contributed by atoms with Crippen LogP contribution < -0.4 is 10.6 Å². The van der Waals surface area contributed by atoms with Gasteiger partial charge in [-0.05, 0) is 18.1 Å². The van der Waals surface area contributed by atoms with Crippen molar-refractivity contribution in [1.82, 2.24) is 10.6 Å². The Hall–Kier alpha value is -1.88. The van der Waals surface area contributed by atoms with E-state index in [0.29, 0.717) is 19.7 Å². The van der Waals surface area contributed by atoms with Gasteiger partial charge in [-0.3, -0.25) is 4.79 Å². The lowest BCUT2D eigenvalue weighted by Gasteiger charge is -2.30. The molecule has 1 heterocycles. The Bertz CT molecular complexity index is 612. The lowest BCUT2D eigenvalue weighted by atomic mass is 9.91. The van der Waals surface area contributed by atoms with Crippen molar-refractivity contribution in [2.75, 3.05) is 19.7 Å². The number of halogens is 1. The summed E-state index contributed by atoms with van der Waals surface area (Å²) in [6, 6.07) is 20.3. The maximum Gasteiger partial charge on any atom is 0.239 e. The molecule has 3 rings (SSSR count). The average Bonchev–Trinajstić information content (AvgIpc) is 2.64. The topological polar surface area (TPSA) is 50.4 Å². The predicted octanol–water partition coefficient (Wildman–Crippen LogP) is 2.73. The minimum atomic E-state index is -0.286. The van der Waals surface area contributed by atoms with Gasteiger partial charge in [0.15, 0.2) is 0 Å². The molecule has 25 heavy (non-hydrogen) atoms. The summed E-state index contributed by atoms with van der Waals surface area (Å²) >= 11 is 0. The van der Waals surface area contributed by atoms with Crippen LogP contribution in [0, 0.1) is 0 Å². The first-order valence-corrected chi connectivity index (χ1v) is 8.48. The van der Waals surface area contributed by atoms with E-state index in [1.54, 1.807) is 0 Å². The number of rotatable bonds is 5. The zero-order chi connectivity index (χ0) is 16.8. The van der Waals surface area contributed by atoms with Gasteiger partial charge in [0.05, 0.1) is 12.7 Å². The first-order chi connectivity index (χ1) is 11.8. The number of ether oxygens (including phenoxy) is 1. The number of hydrogen-bond acceptors (Lipinski definition) is 3. The van der Waals surface area contributed by atoms with Gasteiger partial charge in [-0.2, -0.15) is 0 Å². The average molecular weight is 361 g/mol. The van der Waals surface area contributed by atoms with Crippen molar-refractivity contribution in [3.8, 4) is 0 Å². The molecule has 0 saturated carbocycles. The lowest BCUT2D eigenvalue weighted by molar-refractivity contribution is -0.128. The van der Waals surface area contributed by atoms with Crippen LogP contribution in [0.3, 0.4) is 0 Å². The van der Waals surface area contributed by atoms with Crippen LogP contribution in [-0.4, -0.2) is 37.7 Å². The van der Waals surface area contributed by atoms with Gasteiger partial charge >= 0.3 is 0 Å². The Morgan fingerprint density at radius 1 is 1.12 bits per heavy atom. The van der Waals surface area contributed by atoms with Crippen molar-refractivity contribution >= 4 is 18.3 Å². The molecule has 0 bridgehead atoms. The summed E-state index contributed by atoms with van der Waals surface area (Å²) in [6.45, 7) is 3.87. The fourth-order valence-corrected chi connectivity index (χ4v) is 3.14. The third-order valence-corrected chi connectivity index (χ3v) is 4.48. The van der Waals surface area contributed by atoms with Crippen molar-refractivity contribution in [3.63, 3.8) is 0 Å². The van der Waals surface area contributed by atoms with E-state index in [1.807, 2.05) is 43.3 Å². The number of carbonyl (C=O) groups is 1. The van der Waals surface area contributed by atoms with Crippen LogP contribution in [0.2, 0.25) is 0 Å². The third kappa shape index (κ3) is 5.05. The van der Waals surface area contributed by atoms with Crippen molar-refractivity contribution in [3.05, 3.63) is 71.8 Å². The Kier molecular flexibility index (Phi) is 7.44. The molecule has 5 heteroatoms. The van der Waals surface area contributed by atoms with Gasteiger partial charge in [0.1, 0.15) is 6.04 Å². The highest BCUT2D eigenvalue weighted by molar-refractivity contribution is 5.85. The number of amides is 1. The molecule has 2 aromatic rings. The lowest BCUT2D eigenvalue weighted by Crippen LogP contribution is -2.55. The number of nitrogens with one attached hydrogen (secondary N) is 2. The molecule has 0 radical (unpaired) electrons. The van der Waals surface area contributed by atoms with E-state index < -0.39 is 0 Å². The first kappa shape index (κ1) is 19.4. The molecule has 0 aliphatic carbocycles. The van der Waals surface area contributed by atoms with Crippen LogP contribution in [0.4, 0.5) is 0 Å². The monoisotopic (exact) mass is 360 g/mol. The molecule has 1 aliphatic rings. The molecule has 0 unspecified atom stereocenters. The van der Waals surface area contributed by atoms with E-state index in [0.717, 1.165) is 0 Å². The summed E-state index contributed by atoms with van der Waals surface area (Å²) in [4.78, 5) is 12.5. The number of carbonyl (C=O) groups excluding carboxylic acids is 1. The van der Waals surface area contributed by atoms with E-state index in [9.17, 15) is 4.79 Å². The Morgan fingerprint density at radius 2 is 1.68 bits per heavy atom. The molecule has 0 spiro atoms. The van der Waals surface area contributed by atoms with E-state index in [-0.39, 0.29) is 36.4 Å². The van der Waals surface area contributed by atoms with Crippen LogP contribution in [0.25, 0.3) is 0 Å². The first-order valence-electron chi connectivity index (χ1n) is 8.48. The molecule has 1 aliphatic heterocycles. The molecule has 1 saturated heterocycles. The number of morpholine rings is 1. The highest BCUT2D eigenvalue weighted by atomic mass is 35.5. The van der Waals surface area contributed by atoms with Crippen LogP contribution in [0.5, 0.6) is 0 Å². The largest absolute Gasteiger partial charge is 0.375 e. The van der Waals surface area contributed by atoms with E-state index in [4.69, 9.17) is 4.74 Å². The molecule has 1 amide bonds. The smallest absolute Gasteiger partial charge is 0.239 e. The second-order valence-corrected chi connectivity index (χ2v) is 6.13. The zero-order valence-electron chi connectivity index (χ0n) is 14.4. The maximum absolute atomic E-state index is 12.5. The van der Waals surface area contributed by atoms with E-state index in [1.165, 1.54) is 11.1 Å². The quantitative estimate of drug-likeness (QED) is 0.862. The summed E-state index contributed by atoms with van der Waals surface area (Å²) < 4.78 is 5.56. The van der Waals surface area contributed by atoms with Crippen LogP contribution in [0.15, 0.2) is 60.7 Å². The molecule has 1 fully saturated rings. The molecule has 0 aromatic heterocycles. The predicted molar refractivity (Wildman–Crippen MR) is 102 cm³/mol. The molecule has 2 atom stereocenters. The number of hydrogen-bond donors (Lipinski definition) is 2. The van der Waals surface area contributed by atoms with E-state index in [2.05, 4.69) is 34.9 Å². The van der Waals surface area contributed by atoms with Gasteiger partial charge in [0, 0.05) is 19.0 Å². The summed E-state index contributed by atoms with van der Waals surface area (Å²) in [5, 5.41) is 6.33. The van der Waals surface area contributed by atoms with Crippen molar-refractivity contribution in [1.29, 1.82) is 0 Å². The number of benzene rings is 2. The summed E-state index contributed by atoms with van der Waals surface area (Å²) in [5.41, 5.74) is 2.40. The molecule has 2 aromatic carbocycles. The summed E-state index contributed by atoms with van der Waals surface area (Å²) in [7, 11) is 0. The molecular formula is C20H25ClN2O2. The normalized spacial score (nSPS) is 19.9. The third-order valence-electron chi connectivity index (χ3n) is 4.48. The van der Waals surface area contributed by atoms with Gasteiger partial charge in [-0.25, -0.2) is 0 Å². The van der Waals surface area contributed by atoms with Gasteiger partial charge in [0.25, 0.3) is 0 Å². The van der Waals surface area contributed by atoms with Crippen LogP contribution in [-0.2, 0) is 9.53 Å². The van der Waals surface area contributed by atoms with Crippen LogP contribution in [0.1, 0.15) is 24.0 Å². The Balaban J connectivity index is 0.00000225. The van der Waals surface area contributed by atoms with Gasteiger partial charge in [0.2, 0.25) is 5.91 Å². The molecular weight excluding hydrogens is 336 g/mol.